The van der Waals surface area contributed by atoms with Gasteiger partial charge < -0.3 is 14.7 Å². The molecular weight excluding hydrogens is 269 g/mol. The van der Waals surface area contributed by atoms with Gasteiger partial charge in [0.15, 0.2) is 11.5 Å². The van der Waals surface area contributed by atoms with Crippen LogP contribution in [0, 0.1) is 5.82 Å². The Hall–Kier alpha value is -0.850. The van der Waals surface area contributed by atoms with Crippen LogP contribution in [-0.4, -0.2) is 18.8 Å². The predicted octanol–water partition coefficient (Wildman–Crippen LogP) is 1.74. The lowest BCUT2D eigenvalue weighted by Crippen LogP contribution is -2.05. The maximum atomic E-state index is 13.3. The monoisotopic (exact) mass is 279 g/mol. The zero-order valence-electron chi connectivity index (χ0n) is 8.09. The molecule has 0 aliphatic rings. The van der Waals surface area contributed by atoms with Crippen LogP contribution in [0.4, 0.5) is 4.39 Å². The van der Waals surface area contributed by atoms with Crippen molar-refractivity contribution in [2.45, 2.75) is 6.42 Å². The van der Waals surface area contributed by atoms with E-state index in [-0.39, 0.29) is 29.0 Å². The highest BCUT2D eigenvalue weighted by atomic mass is 79.9. The van der Waals surface area contributed by atoms with E-state index in [1.807, 2.05) is 0 Å². The van der Waals surface area contributed by atoms with Crippen molar-refractivity contribution in [1.82, 2.24) is 0 Å². The number of rotatable bonds is 4. The van der Waals surface area contributed by atoms with Crippen molar-refractivity contribution in [2.75, 3.05) is 13.7 Å². The summed E-state index contributed by atoms with van der Waals surface area (Å²) in [6.45, 7) is 0.179. The van der Waals surface area contributed by atoms with E-state index in [1.165, 1.54) is 7.11 Å². The first kappa shape index (κ1) is 12.2. The molecule has 3 N–H and O–H groups in total. The molecule has 1 aromatic rings. The summed E-state index contributed by atoms with van der Waals surface area (Å²) >= 11 is 3.04. The zero-order chi connectivity index (χ0) is 11.4. The summed E-state index contributed by atoms with van der Waals surface area (Å²) in [6, 6.07) is 1.10. The summed E-state index contributed by atoms with van der Waals surface area (Å²) in [6.07, 6.45) is 0.289. The van der Waals surface area contributed by atoms with E-state index in [0.717, 1.165) is 6.07 Å². The smallest absolute Gasteiger partial charge is 0.163 e. The summed E-state index contributed by atoms with van der Waals surface area (Å²) in [7, 11) is 1.35. The van der Waals surface area contributed by atoms with Gasteiger partial charge in [0, 0.05) is 18.1 Å². The summed E-state index contributed by atoms with van der Waals surface area (Å²) < 4.78 is 18.3. The Balaban J connectivity index is 3.15. The first-order chi connectivity index (χ1) is 7.11. The van der Waals surface area contributed by atoms with Crippen LogP contribution >= 0.6 is 15.9 Å². The van der Waals surface area contributed by atoms with Gasteiger partial charge in [0.1, 0.15) is 5.82 Å². The van der Waals surface area contributed by atoms with Crippen LogP contribution in [0.15, 0.2) is 10.5 Å². The molecule has 6 heteroatoms. The van der Waals surface area contributed by atoms with Crippen LogP contribution in [0.2, 0.25) is 0 Å². The van der Waals surface area contributed by atoms with Crippen LogP contribution in [-0.2, 0) is 11.3 Å². The molecule has 4 nitrogen and oxygen atoms in total. The quantitative estimate of drug-likeness (QED) is 0.824. The number of phenols is 1. The first-order valence-corrected chi connectivity index (χ1v) is 4.96. The molecule has 0 aliphatic heterocycles. The van der Waals surface area contributed by atoms with E-state index in [2.05, 4.69) is 20.8 Å². The minimum atomic E-state index is -0.503. The van der Waals surface area contributed by atoms with Crippen LogP contribution in [0.5, 0.6) is 11.5 Å². The molecule has 0 aliphatic carbocycles. The molecule has 0 heterocycles. The van der Waals surface area contributed by atoms with Gasteiger partial charge in [-0.3, -0.25) is 0 Å². The van der Waals surface area contributed by atoms with Gasteiger partial charge >= 0.3 is 0 Å². The third-order valence-corrected chi connectivity index (χ3v) is 2.80. The summed E-state index contributed by atoms with van der Waals surface area (Å²) in [5.41, 5.74) is 0.373. The normalized spacial score (nSPS) is 10.4. The number of phenolic OH excluding ortho intramolecular Hbond substituents is 1. The average Bonchev–Trinajstić information content (AvgIpc) is 2.23. The third kappa shape index (κ3) is 2.58. The summed E-state index contributed by atoms with van der Waals surface area (Å²) in [5.74, 6) is 4.34. The van der Waals surface area contributed by atoms with Gasteiger partial charge in [-0.15, -0.1) is 0 Å². The van der Waals surface area contributed by atoms with E-state index < -0.39 is 5.82 Å². The fourth-order valence-electron chi connectivity index (χ4n) is 1.19. The van der Waals surface area contributed by atoms with Gasteiger partial charge in [-0.25, -0.2) is 10.3 Å². The Morgan fingerprint density at radius 3 is 2.80 bits per heavy atom. The number of hydrogen-bond donors (Lipinski definition) is 2. The Labute approximate surface area is 94.9 Å². The number of nitrogens with two attached hydrogens (primary N) is 1. The Morgan fingerprint density at radius 1 is 1.60 bits per heavy atom. The molecule has 15 heavy (non-hydrogen) atoms. The summed E-state index contributed by atoms with van der Waals surface area (Å²) in [4.78, 5) is 4.37. The van der Waals surface area contributed by atoms with Crippen molar-refractivity contribution in [3.63, 3.8) is 0 Å². The van der Waals surface area contributed by atoms with Crippen LogP contribution in [0.3, 0.4) is 0 Å². The average molecular weight is 280 g/mol. The van der Waals surface area contributed by atoms with Crippen molar-refractivity contribution in [1.29, 1.82) is 0 Å². The van der Waals surface area contributed by atoms with Crippen molar-refractivity contribution in [3.8, 4) is 11.5 Å². The van der Waals surface area contributed by atoms with Gasteiger partial charge in [-0.1, -0.05) is 0 Å². The van der Waals surface area contributed by atoms with Crippen molar-refractivity contribution < 1.29 is 19.1 Å². The topological polar surface area (TPSA) is 64.7 Å². The molecule has 0 saturated heterocycles. The standard InChI is InChI=1S/C9H11BrFNO3/c1-14-7-4-6(11)8(10)5(9(7)13)2-3-15-12/h4,13H,2-3,12H2,1H3. The minimum absolute atomic E-state index is 0.0859. The maximum absolute atomic E-state index is 13.3. The zero-order valence-corrected chi connectivity index (χ0v) is 9.67. The first-order valence-electron chi connectivity index (χ1n) is 4.17. The maximum Gasteiger partial charge on any atom is 0.163 e. The molecule has 0 bridgehead atoms. The fourth-order valence-corrected chi connectivity index (χ4v) is 1.69. The molecule has 1 aromatic carbocycles. The second kappa shape index (κ2) is 5.29. The molecular formula is C9H11BrFNO3. The lowest BCUT2D eigenvalue weighted by molar-refractivity contribution is 0.140. The highest BCUT2D eigenvalue weighted by Gasteiger charge is 2.16. The Morgan fingerprint density at radius 2 is 2.27 bits per heavy atom. The van der Waals surface area contributed by atoms with Crippen LogP contribution in [0.1, 0.15) is 5.56 Å². The molecule has 84 valence electrons. The second-order valence-corrected chi connectivity index (χ2v) is 3.62. The molecule has 0 unspecified atom stereocenters. The summed E-state index contributed by atoms with van der Waals surface area (Å²) in [5, 5.41) is 9.70. The van der Waals surface area contributed by atoms with Crippen LogP contribution < -0.4 is 10.6 Å². The number of halogens is 2. The molecule has 0 fully saturated rings. The number of aromatic hydroxyl groups is 1. The number of hydrogen-bond acceptors (Lipinski definition) is 4. The van der Waals surface area contributed by atoms with Gasteiger partial charge in [-0.05, 0) is 15.9 Å². The Kier molecular flexibility index (Phi) is 4.31. The number of methoxy groups -OCH3 is 1. The van der Waals surface area contributed by atoms with Crippen molar-refractivity contribution in [3.05, 3.63) is 21.9 Å². The minimum Gasteiger partial charge on any atom is -0.504 e. The highest BCUT2D eigenvalue weighted by Crippen LogP contribution is 2.37. The van der Waals surface area contributed by atoms with E-state index >= 15 is 0 Å². The van der Waals surface area contributed by atoms with Crippen molar-refractivity contribution >= 4 is 15.9 Å². The van der Waals surface area contributed by atoms with E-state index in [0.29, 0.717) is 5.56 Å². The molecule has 0 amide bonds. The third-order valence-electron chi connectivity index (χ3n) is 1.94. The van der Waals surface area contributed by atoms with Crippen molar-refractivity contribution in [2.24, 2.45) is 5.90 Å². The largest absolute Gasteiger partial charge is 0.504 e. The molecule has 0 saturated carbocycles. The Bertz CT molecular complexity index is 360. The molecule has 0 radical (unpaired) electrons. The van der Waals surface area contributed by atoms with Gasteiger partial charge in [0.05, 0.1) is 18.2 Å². The molecule has 1 rings (SSSR count). The molecule has 0 spiro atoms. The lowest BCUT2D eigenvalue weighted by atomic mass is 10.1. The fraction of sp³-hybridized carbons (Fsp3) is 0.333. The SMILES string of the molecule is COc1cc(F)c(Br)c(CCON)c1O. The van der Waals surface area contributed by atoms with Gasteiger partial charge in [0.2, 0.25) is 0 Å². The van der Waals surface area contributed by atoms with Gasteiger partial charge in [-0.2, -0.15) is 0 Å². The number of ether oxygens (including phenoxy) is 1. The van der Waals surface area contributed by atoms with E-state index in [9.17, 15) is 9.50 Å². The molecule has 0 aromatic heterocycles. The van der Waals surface area contributed by atoms with Gasteiger partial charge in [0.25, 0.3) is 0 Å². The number of benzene rings is 1. The lowest BCUT2D eigenvalue weighted by Gasteiger charge is -2.11. The van der Waals surface area contributed by atoms with Crippen LogP contribution in [0.25, 0.3) is 0 Å². The van der Waals surface area contributed by atoms with E-state index in [4.69, 9.17) is 10.6 Å². The molecule has 0 atom stereocenters. The second-order valence-electron chi connectivity index (χ2n) is 2.82. The highest BCUT2D eigenvalue weighted by molar-refractivity contribution is 9.10. The van der Waals surface area contributed by atoms with E-state index in [1.54, 1.807) is 0 Å². The predicted molar refractivity (Wildman–Crippen MR) is 56.2 cm³/mol.